The summed E-state index contributed by atoms with van der Waals surface area (Å²) in [5, 5.41) is 6.80. The molecule has 1 saturated heterocycles. The van der Waals surface area contributed by atoms with Crippen LogP contribution in [0.3, 0.4) is 0 Å². The van der Waals surface area contributed by atoms with Crippen LogP contribution in [0.15, 0.2) is 28.9 Å². The Kier molecular flexibility index (Phi) is 4.98. The molecule has 2 aromatic heterocycles. The van der Waals surface area contributed by atoms with Crippen LogP contribution in [0, 0.1) is 0 Å². The van der Waals surface area contributed by atoms with Gasteiger partial charge in [-0.2, -0.15) is 0 Å². The first-order chi connectivity index (χ1) is 11.7. The van der Waals surface area contributed by atoms with Crippen molar-refractivity contribution in [3.63, 3.8) is 0 Å². The molecule has 1 unspecified atom stereocenters. The molecule has 0 radical (unpaired) electrons. The van der Waals surface area contributed by atoms with E-state index in [9.17, 15) is 4.79 Å². The fourth-order valence-electron chi connectivity index (χ4n) is 3.08. The number of amides is 1. The lowest BCUT2D eigenvalue weighted by Gasteiger charge is -2.25. The first kappa shape index (κ1) is 16.3. The number of anilines is 1. The molecule has 128 valence electrons. The highest BCUT2D eigenvalue weighted by Gasteiger charge is 2.30. The van der Waals surface area contributed by atoms with Crippen molar-refractivity contribution in [3.8, 4) is 5.88 Å². The second kappa shape index (κ2) is 7.33. The first-order valence-corrected chi connectivity index (χ1v) is 8.14. The van der Waals surface area contributed by atoms with Gasteiger partial charge in [-0.3, -0.25) is 4.79 Å². The molecule has 24 heavy (non-hydrogen) atoms. The Hall–Kier alpha value is -2.57. The summed E-state index contributed by atoms with van der Waals surface area (Å²) >= 11 is 0. The Morgan fingerprint density at radius 1 is 1.50 bits per heavy atom. The van der Waals surface area contributed by atoms with Gasteiger partial charge in [0.15, 0.2) is 0 Å². The molecule has 0 aromatic carbocycles. The normalized spacial score (nSPS) is 17.1. The lowest BCUT2D eigenvalue weighted by Crippen LogP contribution is -2.30. The molecule has 0 spiro atoms. The summed E-state index contributed by atoms with van der Waals surface area (Å²) in [7, 11) is 3.38. The lowest BCUT2D eigenvalue weighted by atomic mass is 10.1. The second-order valence-electron chi connectivity index (χ2n) is 5.81. The maximum atomic E-state index is 12.6. The van der Waals surface area contributed by atoms with E-state index in [1.165, 1.54) is 7.11 Å². The number of aryl methyl sites for hydroxylation is 1. The fourth-order valence-corrected chi connectivity index (χ4v) is 3.08. The van der Waals surface area contributed by atoms with Crippen LogP contribution in [-0.2, 0) is 11.2 Å². The summed E-state index contributed by atoms with van der Waals surface area (Å²) in [5.41, 5.74) is 1.13. The van der Waals surface area contributed by atoms with Crippen molar-refractivity contribution in [3.05, 3.63) is 35.7 Å². The van der Waals surface area contributed by atoms with E-state index in [0.717, 1.165) is 30.8 Å². The van der Waals surface area contributed by atoms with Gasteiger partial charge in [-0.05, 0) is 35.7 Å². The number of aromatic nitrogens is 2. The molecule has 0 saturated carbocycles. The van der Waals surface area contributed by atoms with E-state index in [1.807, 2.05) is 24.1 Å². The summed E-state index contributed by atoms with van der Waals surface area (Å²) < 4.78 is 10.1. The number of hydrogen-bond donors (Lipinski definition) is 1. The highest BCUT2D eigenvalue weighted by molar-refractivity contribution is 5.77. The third-order valence-electron chi connectivity index (χ3n) is 4.33. The van der Waals surface area contributed by atoms with Crippen LogP contribution in [0.5, 0.6) is 5.88 Å². The van der Waals surface area contributed by atoms with Gasteiger partial charge in [-0.25, -0.2) is 4.98 Å². The quantitative estimate of drug-likeness (QED) is 0.876. The predicted octanol–water partition coefficient (Wildman–Crippen LogP) is 2.42. The van der Waals surface area contributed by atoms with E-state index in [4.69, 9.17) is 9.26 Å². The molecule has 0 bridgehead atoms. The molecular weight excluding hydrogens is 308 g/mol. The number of pyridine rings is 1. The number of ether oxygens (including phenoxy) is 1. The Morgan fingerprint density at radius 2 is 2.38 bits per heavy atom. The zero-order valence-electron chi connectivity index (χ0n) is 14.0. The molecule has 1 N–H and O–H groups in total. The van der Waals surface area contributed by atoms with Gasteiger partial charge in [0.05, 0.1) is 13.2 Å². The number of nitrogens with zero attached hydrogens (tertiary/aromatic N) is 3. The largest absolute Gasteiger partial charge is 0.479 e. The Labute approximate surface area is 141 Å². The van der Waals surface area contributed by atoms with Crippen molar-refractivity contribution in [1.29, 1.82) is 0 Å². The van der Waals surface area contributed by atoms with Crippen LogP contribution in [0.2, 0.25) is 0 Å². The molecule has 2 aromatic rings. The highest BCUT2D eigenvalue weighted by atomic mass is 16.5. The molecular formula is C17H22N4O3. The van der Waals surface area contributed by atoms with Crippen molar-refractivity contribution < 1.29 is 14.1 Å². The Bertz CT molecular complexity index is 701. The number of hydrogen-bond acceptors (Lipinski definition) is 6. The van der Waals surface area contributed by atoms with Gasteiger partial charge < -0.3 is 19.5 Å². The molecule has 3 heterocycles. The first-order valence-electron chi connectivity index (χ1n) is 8.14. The summed E-state index contributed by atoms with van der Waals surface area (Å²) in [4.78, 5) is 18.8. The summed E-state index contributed by atoms with van der Waals surface area (Å²) in [6, 6.07) is 5.84. The number of methoxy groups -OCH3 is 1. The predicted molar refractivity (Wildman–Crippen MR) is 88.8 cm³/mol. The van der Waals surface area contributed by atoms with Crippen molar-refractivity contribution >= 4 is 11.7 Å². The van der Waals surface area contributed by atoms with E-state index in [1.54, 1.807) is 12.3 Å². The van der Waals surface area contributed by atoms with Crippen molar-refractivity contribution in [2.75, 3.05) is 26.0 Å². The average molecular weight is 330 g/mol. The van der Waals surface area contributed by atoms with E-state index in [0.29, 0.717) is 24.5 Å². The van der Waals surface area contributed by atoms with E-state index in [2.05, 4.69) is 15.5 Å². The van der Waals surface area contributed by atoms with Crippen LogP contribution in [0.4, 0.5) is 5.82 Å². The van der Waals surface area contributed by atoms with Crippen LogP contribution >= 0.6 is 0 Å². The number of likely N-dealkylation sites (tertiary alicyclic amines) is 1. The maximum absolute atomic E-state index is 12.6. The van der Waals surface area contributed by atoms with Gasteiger partial charge >= 0.3 is 0 Å². The average Bonchev–Trinajstić information content (AvgIpc) is 3.28. The number of carbonyl (C=O) groups excluding carboxylic acids is 1. The molecule has 0 aliphatic carbocycles. The smallest absolute Gasteiger partial charge is 0.254 e. The zero-order valence-corrected chi connectivity index (χ0v) is 14.0. The minimum Gasteiger partial charge on any atom is -0.479 e. The molecule has 1 aliphatic rings. The van der Waals surface area contributed by atoms with E-state index >= 15 is 0 Å². The molecule has 3 rings (SSSR count). The van der Waals surface area contributed by atoms with Gasteiger partial charge in [-0.15, -0.1) is 0 Å². The van der Waals surface area contributed by atoms with E-state index in [-0.39, 0.29) is 11.9 Å². The number of rotatable bonds is 6. The summed E-state index contributed by atoms with van der Waals surface area (Å²) in [5.74, 6) is 2.06. The zero-order chi connectivity index (χ0) is 16.9. The minimum absolute atomic E-state index is 0.122. The maximum Gasteiger partial charge on any atom is 0.254 e. The number of carbonyl (C=O) groups is 1. The van der Waals surface area contributed by atoms with Crippen LogP contribution < -0.4 is 10.1 Å². The summed E-state index contributed by atoms with van der Waals surface area (Å²) in [6.07, 6.45) is 4.71. The van der Waals surface area contributed by atoms with Crippen molar-refractivity contribution in [1.82, 2.24) is 15.0 Å². The van der Waals surface area contributed by atoms with Gasteiger partial charge in [0.2, 0.25) is 5.91 Å². The lowest BCUT2D eigenvalue weighted by molar-refractivity contribution is -0.132. The van der Waals surface area contributed by atoms with Crippen molar-refractivity contribution in [2.45, 2.75) is 31.7 Å². The monoisotopic (exact) mass is 330 g/mol. The third-order valence-corrected chi connectivity index (χ3v) is 4.33. The minimum atomic E-state index is 0.122. The standard InChI is InChI=1S/C17H22N4O3/c1-18-15-10-12(7-8-19-15)14-4-3-9-21(14)17(22)6-5-13-11-16(23-2)20-24-13/h7-8,10-11,14H,3-6,9H2,1-2H3,(H,18,19). The van der Waals surface area contributed by atoms with Crippen LogP contribution in [0.1, 0.15) is 36.6 Å². The molecule has 1 amide bonds. The highest BCUT2D eigenvalue weighted by Crippen LogP contribution is 2.33. The molecule has 1 fully saturated rings. The van der Waals surface area contributed by atoms with Gasteiger partial charge in [-0.1, -0.05) is 0 Å². The molecule has 7 nitrogen and oxygen atoms in total. The van der Waals surface area contributed by atoms with Crippen molar-refractivity contribution in [2.24, 2.45) is 0 Å². The fraction of sp³-hybridized carbons (Fsp3) is 0.471. The molecule has 1 aliphatic heterocycles. The Morgan fingerprint density at radius 3 is 3.12 bits per heavy atom. The molecule has 1 atom stereocenters. The van der Waals surface area contributed by atoms with Gasteiger partial charge in [0.25, 0.3) is 5.88 Å². The van der Waals surface area contributed by atoms with Gasteiger partial charge in [0.1, 0.15) is 11.6 Å². The van der Waals surface area contributed by atoms with E-state index < -0.39 is 0 Å². The molecule has 7 heteroatoms. The van der Waals surface area contributed by atoms with Crippen LogP contribution in [0.25, 0.3) is 0 Å². The topological polar surface area (TPSA) is 80.5 Å². The summed E-state index contributed by atoms with van der Waals surface area (Å²) in [6.45, 7) is 0.792. The van der Waals surface area contributed by atoms with Gasteiger partial charge in [0, 0.05) is 38.7 Å². The Balaban J connectivity index is 1.64. The second-order valence-corrected chi connectivity index (χ2v) is 5.81. The number of nitrogens with one attached hydrogen (secondary N) is 1. The SMILES string of the molecule is CNc1cc(C2CCCN2C(=O)CCc2cc(OC)no2)ccn1. The van der Waals surface area contributed by atoms with Crippen LogP contribution in [-0.4, -0.2) is 41.6 Å². The third kappa shape index (κ3) is 3.50.